The van der Waals surface area contributed by atoms with Crippen molar-refractivity contribution in [3.05, 3.63) is 0 Å². The van der Waals surface area contributed by atoms with Gasteiger partial charge in [-0.05, 0) is 25.2 Å². The van der Waals surface area contributed by atoms with Gasteiger partial charge in [0.05, 0.1) is 6.04 Å². The van der Waals surface area contributed by atoms with E-state index in [9.17, 15) is 14.7 Å². The van der Waals surface area contributed by atoms with Crippen LogP contribution in [0.5, 0.6) is 0 Å². The number of hydrogen-bond acceptors (Lipinski definition) is 3. The number of carboxylic acids is 1. The lowest BCUT2D eigenvalue weighted by molar-refractivity contribution is -0.157. The Morgan fingerprint density at radius 2 is 2.06 bits per heavy atom. The minimum atomic E-state index is -1.04. The first-order valence-corrected chi connectivity index (χ1v) is 6.71. The first-order valence-electron chi connectivity index (χ1n) is 6.71. The molecule has 1 saturated heterocycles. The molecule has 0 saturated carbocycles. The highest BCUT2D eigenvalue weighted by Crippen LogP contribution is 2.33. The van der Waals surface area contributed by atoms with E-state index in [1.807, 2.05) is 20.8 Å². The molecule has 3 atom stereocenters. The average Bonchev–Trinajstić information content (AvgIpc) is 2.80. The van der Waals surface area contributed by atoms with Gasteiger partial charge in [0, 0.05) is 6.54 Å². The monoisotopic (exact) mass is 256 g/mol. The maximum atomic E-state index is 12.4. The molecule has 1 rings (SSSR count). The molecule has 1 fully saturated rings. The van der Waals surface area contributed by atoms with Crippen LogP contribution < -0.4 is 5.73 Å². The van der Waals surface area contributed by atoms with Gasteiger partial charge in [-0.1, -0.05) is 27.2 Å². The van der Waals surface area contributed by atoms with Gasteiger partial charge in [-0.2, -0.15) is 0 Å². The predicted octanol–water partition coefficient (Wildman–Crippen LogP) is 1.22. The van der Waals surface area contributed by atoms with Crippen molar-refractivity contribution in [2.45, 2.75) is 58.0 Å². The van der Waals surface area contributed by atoms with Crippen molar-refractivity contribution in [1.82, 2.24) is 4.90 Å². The summed E-state index contributed by atoms with van der Waals surface area (Å²) in [4.78, 5) is 25.4. The minimum absolute atomic E-state index is 0.0708. The quantitative estimate of drug-likeness (QED) is 0.774. The summed E-state index contributed by atoms with van der Waals surface area (Å²) in [5.41, 5.74) is 4.90. The van der Waals surface area contributed by atoms with Crippen LogP contribution in [-0.4, -0.2) is 40.0 Å². The van der Waals surface area contributed by atoms with Crippen molar-refractivity contribution in [2.24, 2.45) is 11.7 Å². The fourth-order valence-corrected chi connectivity index (χ4v) is 2.62. The summed E-state index contributed by atoms with van der Waals surface area (Å²) in [6, 6.07) is -0.599. The highest BCUT2D eigenvalue weighted by atomic mass is 16.4. The van der Waals surface area contributed by atoms with Crippen LogP contribution in [0.25, 0.3) is 0 Å². The molecule has 5 heteroatoms. The Morgan fingerprint density at radius 1 is 1.44 bits per heavy atom. The molecule has 5 nitrogen and oxygen atoms in total. The van der Waals surface area contributed by atoms with Gasteiger partial charge in [-0.25, -0.2) is 4.79 Å². The zero-order valence-electron chi connectivity index (χ0n) is 11.5. The highest BCUT2D eigenvalue weighted by Gasteiger charge is 2.49. The lowest BCUT2D eigenvalue weighted by atomic mass is 9.91. The third-order valence-corrected chi connectivity index (χ3v) is 4.28. The molecule has 3 N–H and O–H groups in total. The molecule has 1 amide bonds. The van der Waals surface area contributed by atoms with Crippen LogP contribution in [0.4, 0.5) is 0 Å². The van der Waals surface area contributed by atoms with Gasteiger partial charge in [-0.15, -0.1) is 0 Å². The van der Waals surface area contributed by atoms with Crippen molar-refractivity contribution in [2.75, 3.05) is 6.54 Å². The van der Waals surface area contributed by atoms with E-state index in [1.54, 1.807) is 0 Å². The molecule has 1 heterocycles. The topological polar surface area (TPSA) is 83.6 Å². The normalized spacial score (nSPS) is 27.0. The molecular formula is C13H24N2O3. The van der Waals surface area contributed by atoms with Crippen LogP contribution in [0.15, 0.2) is 0 Å². The molecule has 104 valence electrons. The Balaban J connectivity index is 2.94. The average molecular weight is 256 g/mol. The van der Waals surface area contributed by atoms with Gasteiger partial charge in [-0.3, -0.25) is 4.79 Å². The smallest absolute Gasteiger partial charge is 0.329 e. The summed E-state index contributed by atoms with van der Waals surface area (Å²) in [6.07, 6.45) is 2.51. The number of amides is 1. The summed E-state index contributed by atoms with van der Waals surface area (Å²) in [5, 5.41) is 9.43. The molecule has 1 unspecified atom stereocenters. The number of carbonyl (C=O) groups excluding carboxylic acids is 1. The summed E-state index contributed by atoms with van der Waals surface area (Å²) in [7, 11) is 0. The van der Waals surface area contributed by atoms with Crippen molar-refractivity contribution in [1.29, 1.82) is 0 Å². The number of hydrogen-bond donors (Lipinski definition) is 2. The first-order chi connectivity index (χ1) is 8.40. The van der Waals surface area contributed by atoms with Crippen LogP contribution in [0.3, 0.4) is 0 Å². The van der Waals surface area contributed by atoms with Crippen molar-refractivity contribution in [3.63, 3.8) is 0 Å². The Kier molecular flexibility index (Phi) is 4.73. The van der Waals surface area contributed by atoms with Crippen LogP contribution in [0.2, 0.25) is 0 Å². The third kappa shape index (κ3) is 2.36. The zero-order valence-corrected chi connectivity index (χ0v) is 11.5. The van der Waals surface area contributed by atoms with Crippen LogP contribution in [0, 0.1) is 5.92 Å². The van der Waals surface area contributed by atoms with Gasteiger partial charge >= 0.3 is 5.97 Å². The van der Waals surface area contributed by atoms with Gasteiger partial charge in [0.2, 0.25) is 5.91 Å². The van der Waals surface area contributed by atoms with Crippen LogP contribution >= 0.6 is 0 Å². The molecule has 1 aliphatic heterocycles. The fourth-order valence-electron chi connectivity index (χ4n) is 2.62. The summed E-state index contributed by atoms with van der Waals surface area (Å²) in [6.45, 7) is 6.22. The number of likely N-dealkylation sites (tertiary alicyclic amines) is 1. The van der Waals surface area contributed by atoms with Gasteiger partial charge in [0.1, 0.15) is 5.54 Å². The molecule has 0 spiro atoms. The van der Waals surface area contributed by atoms with Crippen molar-refractivity contribution >= 4 is 11.9 Å². The third-order valence-electron chi connectivity index (χ3n) is 4.28. The molecule has 0 aromatic heterocycles. The second-order valence-corrected chi connectivity index (χ2v) is 5.20. The van der Waals surface area contributed by atoms with E-state index in [0.29, 0.717) is 19.4 Å². The van der Waals surface area contributed by atoms with E-state index in [2.05, 4.69) is 0 Å². The van der Waals surface area contributed by atoms with Crippen LogP contribution in [-0.2, 0) is 9.59 Å². The molecule has 1 aliphatic rings. The summed E-state index contributed by atoms with van der Waals surface area (Å²) < 4.78 is 0. The van der Waals surface area contributed by atoms with E-state index in [1.165, 1.54) is 4.90 Å². The van der Waals surface area contributed by atoms with Crippen molar-refractivity contribution < 1.29 is 14.7 Å². The Labute approximate surface area is 108 Å². The van der Waals surface area contributed by atoms with E-state index >= 15 is 0 Å². The fraction of sp³-hybridized carbons (Fsp3) is 0.846. The standard InChI is InChI=1S/C13H24N2O3/c1-4-9(3)10(14)11(16)15-8-6-7-13(15,5-2)12(17)18/h9-10H,4-8,14H2,1-3H3,(H,17,18)/t9-,10-,13?/m0/s1. The molecule has 0 aromatic carbocycles. The maximum Gasteiger partial charge on any atom is 0.329 e. The highest BCUT2D eigenvalue weighted by molar-refractivity contribution is 5.90. The second-order valence-electron chi connectivity index (χ2n) is 5.20. The molecule has 18 heavy (non-hydrogen) atoms. The Hall–Kier alpha value is -1.10. The summed E-state index contributed by atoms with van der Waals surface area (Å²) in [5.74, 6) is -1.06. The molecule has 0 aliphatic carbocycles. The van der Waals surface area contributed by atoms with Crippen molar-refractivity contribution in [3.8, 4) is 0 Å². The van der Waals surface area contributed by atoms with Crippen LogP contribution in [0.1, 0.15) is 46.5 Å². The van der Waals surface area contributed by atoms with Gasteiger partial charge in [0.15, 0.2) is 0 Å². The van der Waals surface area contributed by atoms with Gasteiger partial charge < -0.3 is 15.7 Å². The summed E-state index contributed by atoms with van der Waals surface area (Å²) >= 11 is 0. The SMILES string of the molecule is CC[C@H](C)[C@H](N)C(=O)N1CCCC1(CC)C(=O)O. The maximum absolute atomic E-state index is 12.4. The largest absolute Gasteiger partial charge is 0.479 e. The molecule has 0 bridgehead atoms. The van der Waals surface area contributed by atoms with E-state index in [4.69, 9.17) is 5.73 Å². The number of aliphatic carboxylic acids is 1. The number of rotatable bonds is 5. The molecule has 0 radical (unpaired) electrons. The lowest BCUT2D eigenvalue weighted by Crippen LogP contribution is -2.58. The molecule has 0 aromatic rings. The van der Waals surface area contributed by atoms with E-state index in [0.717, 1.165) is 12.8 Å². The zero-order chi connectivity index (χ0) is 13.9. The molecular weight excluding hydrogens is 232 g/mol. The lowest BCUT2D eigenvalue weighted by Gasteiger charge is -2.36. The Bertz CT molecular complexity index is 332. The van der Waals surface area contributed by atoms with E-state index in [-0.39, 0.29) is 11.8 Å². The predicted molar refractivity (Wildman–Crippen MR) is 69.0 cm³/mol. The minimum Gasteiger partial charge on any atom is -0.479 e. The van der Waals surface area contributed by atoms with Gasteiger partial charge in [0.25, 0.3) is 0 Å². The van der Waals surface area contributed by atoms with E-state index < -0.39 is 17.6 Å². The first kappa shape index (κ1) is 15.0. The number of nitrogens with two attached hydrogens (primary N) is 1. The number of carboxylic acid groups (broad SMARTS) is 1. The number of nitrogens with zero attached hydrogens (tertiary/aromatic N) is 1. The second kappa shape index (κ2) is 5.69. The Morgan fingerprint density at radius 3 is 2.50 bits per heavy atom. The number of carbonyl (C=O) groups is 2.